The van der Waals surface area contributed by atoms with Gasteiger partial charge in [-0.25, -0.2) is 0 Å². The Hall–Kier alpha value is -1.02. The molecule has 2 nitrogen and oxygen atoms in total. The lowest BCUT2D eigenvalue weighted by Gasteiger charge is -2.19. The summed E-state index contributed by atoms with van der Waals surface area (Å²) in [4.78, 5) is 0. The lowest BCUT2D eigenvalue weighted by Crippen LogP contribution is -2.10. The summed E-state index contributed by atoms with van der Waals surface area (Å²) in [5.74, 6) is 0.989. The van der Waals surface area contributed by atoms with E-state index in [0.717, 1.165) is 25.3 Å². The smallest absolute Gasteiger partial charge is 0.119 e. The van der Waals surface area contributed by atoms with Gasteiger partial charge in [0.25, 0.3) is 0 Å². The number of rotatable bonds is 8. The predicted molar refractivity (Wildman–Crippen MR) is 83.0 cm³/mol. The van der Waals surface area contributed by atoms with E-state index in [-0.39, 0.29) is 5.41 Å². The molecule has 1 rings (SSSR count). The van der Waals surface area contributed by atoms with Crippen LogP contribution < -0.4 is 10.1 Å². The lowest BCUT2D eigenvalue weighted by molar-refractivity contribution is 0.304. The van der Waals surface area contributed by atoms with Crippen LogP contribution in [0.3, 0.4) is 0 Å². The molecule has 0 unspecified atom stereocenters. The van der Waals surface area contributed by atoms with Gasteiger partial charge in [-0.2, -0.15) is 0 Å². The molecule has 0 fully saturated rings. The molecule has 0 spiro atoms. The average molecular weight is 263 g/mol. The van der Waals surface area contributed by atoms with E-state index >= 15 is 0 Å². The highest BCUT2D eigenvalue weighted by molar-refractivity contribution is 5.31. The molecule has 1 N–H and O–H groups in total. The number of nitrogens with one attached hydrogen (secondary N) is 1. The molecule has 0 aromatic heterocycles. The number of ether oxygens (including phenoxy) is 1. The number of hydrogen-bond acceptors (Lipinski definition) is 2. The minimum atomic E-state index is 0.214. The van der Waals surface area contributed by atoms with Gasteiger partial charge < -0.3 is 10.1 Å². The van der Waals surface area contributed by atoms with E-state index < -0.39 is 0 Å². The molecular formula is C17H29NO. The minimum Gasteiger partial charge on any atom is -0.494 e. The van der Waals surface area contributed by atoms with E-state index in [1.54, 1.807) is 0 Å². The summed E-state index contributed by atoms with van der Waals surface area (Å²) < 4.78 is 5.76. The van der Waals surface area contributed by atoms with E-state index in [2.05, 4.69) is 50.4 Å². The average Bonchev–Trinajstić information content (AvgIpc) is 2.37. The van der Waals surface area contributed by atoms with Gasteiger partial charge in [-0.3, -0.25) is 0 Å². The molecule has 0 heterocycles. The zero-order valence-corrected chi connectivity index (χ0v) is 13.0. The molecule has 0 radical (unpaired) electrons. The zero-order chi connectivity index (χ0) is 14.1. The van der Waals surface area contributed by atoms with Crippen molar-refractivity contribution in [3.05, 3.63) is 29.8 Å². The molecular weight excluding hydrogens is 234 g/mol. The largest absolute Gasteiger partial charge is 0.494 e. The van der Waals surface area contributed by atoms with Crippen LogP contribution in [0.15, 0.2) is 24.3 Å². The molecule has 0 amide bonds. The first-order valence-electron chi connectivity index (χ1n) is 7.42. The van der Waals surface area contributed by atoms with Gasteiger partial charge in [-0.05, 0) is 49.5 Å². The summed E-state index contributed by atoms with van der Waals surface area (Å²) in [6.45, 7) is 8.64. The maximum atomic E-state index is 5.76. The van der Waals surface area contributed by atoms with Crippen LogP contribution in [0.1, 0.15) is 52.0 Å². The first-order chi connectivity index (χ1) is 9.04. The molecule has 0 atom stereocenters. The van der Waals surface area contributed by atoms with E-state index in [4.69, 9.17) is 4.74 Å². The Morgan fingerprint density at radius 1 is 0.947 bits per heavy atom. The van der Waals surface area contributed by atoms with Crippen LogP contribution in [0.4, 0.5) is 0 Å². The van der Waals surface area contributed by atoms with Crippen LogP contribution in [0.5, 0.6) is 5.75 Å². The van der Waals surface area contributed by atoms with Crippen molar-refractivity contribution in [3.63, 3.8) is 0 Å². The Morgan fingerprint density at radius 2 is 1.58 bits per heavy atom. The number of hydrogen-bond donors (Lipinski definition) is 1. The highest BCUT2D eigenvalue weighted by atomic mass is 16.5. The van der Waals surface area contributed by atoms with E-state index in [1.165, 1.54) is 24.8 Å². The Balaban J connectivity index is 2.20. The molecule has 0 saturated heterocycles. The topological polar surface area (TPSA) is 21.3 Å². The van der Waals surface area contributed by atoms with Crippen molar-refractivity contribution >= 4 is 0 Å². The Morgan fingerprint density at radius 3 is 2.16 bits per heavy atom. The Bertz CT molecular complexity index is 337. The van der Waals surface area contributed by atoms with Crippen molar-refractivity contribution < 1.29 is 4.74 Å². The summed E-state index contributed by atoms with van der Waals surface area (Å²) in [6.07, 6.45) is 4.94. The summed E-state index contributed by atoms with van der Waals surface area (Å²) in [5.41, 5.74) is 1.57. The van der Waals surface area contributed by atoms with Gasteiger partial charge in [0.2, 0.25) is 0 Å². The standard InChI is InChI=1S/C17H29NO/c1-17(2,3)15-9-11-16(12-10-15)19-14-8-6-5-7-13-18-4/h9-12,18H,5-8,13-14H2,1-4H3. The Kier molecular flexibility index (Phi) is 6.93. The van der Waals surface area contributed by atoms with Gasteiger partial charge in [-0.1, -0.05) is 45.7 Å². The maximum absolute atomic E-state index is 5.76. The monoisotopic (exact) mass is 263 g/mol. The summed E-state index contributed by atoms with van der Waals surface area (Å²) in [6, 6.07) is 8.51. The van der Waals surface area contributed by atoms with Crippen molar-refractivity contribution in [1.82, 2.24) is 5.32 Å². The second kappa shape index (κ2) is 8.21. The van der Waals surface area contributed by atoms with E-state index in [9.17, 15) is 0 Å². The Labute approximate surface area is 118 Å². The number of unbranched alkanes of at least 4 members (excludes halogenated alkanes) is 3. The third-order valence-electron chi connectivity index (χ3n) is 3.31. The highest BCUT2D eigenvalue weighted by Crippen LogP contribution is 2.24. The lowest BCUT2D eigenvalue weighted by atomic mass is 9.87. The van der Waals surface area contributed by atoms with Gasteiger partial charge in [0.15, 0.2) is 0 Å². The van der Waals surface area contributed by atoms with Crippen LogP contribution in [-0.2, 0) is 5.41 Å². The SMILES string of the molecule is CNCCCCCCOc1ccc(C(C)(C)C)cc1. The molecule has 1 aromatic carbocycles. The number of benzene rings is 1. The van der Waals surface area contributed by atoms with Gasteiger partial charge in [0.05, 0.1) is 6.61 Å². The van der Waals surface area contributed by atoms with Crippen molar-refractivity contribution in [1.29, 1.82) is 0 Å². The molecule has 2 heteroatoms. The van der Waals surface area contributed by atoms with Crippen LogP contribution in [0.2, 0.25) is 0 Å². The summed E-state index contributed by atoms with van der Waals surface area (Å²) in [5, 5.41) is 3.17. The fourth-order valence-electron chi connectivity index (χ4n) is 2.00. The summed E-state index contributed by atoms with van der Waals surface area (Å²) >= 11 is 0. The zero-order valence-electron chi connectivity index (χ0n) is 13.0. The van der Waals surface area contributed by atoms with Gasteiger partial charge in [0.1, 0.15) is 5.75 Å². The quantitative estimate of drug-likeness (QED) is 0.712. The van der Waals surface area contributed by atoms with Crippen LogP contribution >= 0.6 is 0 Å². The first kappa shape index (κ1) is 16.0. The van der Waals surface area contributed by atoms with Crippen molar-refractivity contribution in [2.45, 2.75) is 51.9 Å². The second-order valence-corrected chi connectivity index (χ2v) is 6.14. The molecule has 1 aromatic rings. The van der Waals surface area contributed by atoms with Crippen molar-refractivity contribution in [3.8, 4) is 5.75 Å². The molecule has 0 bridgehead atoms. The van der Waals surface area contributed by atoms with Gasteiger partial charge >= 0.3 is 0 Å². The first-order valence-corrected chi connectivity index (χ1v) is 7.42. The third kappa shape index (κ3) is 6.63. The predicted octanol–water partition coefficient (Wildman–Crippen LogP) is 4.14. The van der Waals surface area contributed by atoms with Crippen molar-refractivity contribution in [2.75, 3.05) is 20.2 Å². The second-order valence-electron chi connectivity index (χ2n) is 6.14. The maximum Gasteiger partial charge on any atom is 0.119 e. The fourth-order valence-corrected chi connectivity index (χ4v) is 2.00. The third-order valence-corrected chi connectivity index (χ3v) is 3.31. The highest BCUT2D eigenvalue weighted by Gasteiger charge is 2.12. The summed E-state index contributed by atoms with van der Waals surface area (Å²) in [7, 11) is 2.00. The van der Waals surface area contributed by atoms with Crippen LogP contribution in [-0.4, -0.2) is 20.2 Å². The molecule has 108 valence electrons. The van der Waals surface area contributed by atoms with E-state index in [1.807, 2.05) is 7.05 Å². The van der Waals surface area contributed by atoms with Gasteiger partial charge in [-0.15, -0.1) is 0 Å². The van der Waals surface area contributed by atoms with Crippen molar-refractivity contribution in [2.24, 2.45) is 0 Å². The minimum absolute atomic E-state index is 0.214. The normalized spacial score (nSPS) is 11.6. The fraction of sp³-hybridized carbons (Fsp3) is 0.647. The molecule has 0 aliphatic rings. The van der Waals surface area contributed by atoms with Crippen LogP contribution in [0.25, 0.3) is 0 Å². The molecule has 0 aliphatic carbocycles. The van der Waals surface area contributed by atoms with Crippen LogP contribution in [0, 0.1) is 0 Å². The molecule has 0 aliphatic heterocycles. The van der Waals surface area contributed by atoms with Gasteiger partial charge in [0, 0.05) is 0 Å². The van der Waals surface area contributed by atoms with E-state index in [0.29, 0.717) is 0 Å². The molecule has 19 heavy (non-hydrogen) atoms. The molecule has 0 saturated carbocycles.